The van der Waals surface area contributed by atoms with E-state index in [-0.39, 0.29) is 5.91 Å². The average molecular weight is 345 g/mol. The predicted molar refractivity (Wildman–Crippen MR) is 93.3 cm³/mol. The van der Waals surface area contributed by atoms with Crippen molar-refractivity contribution in [2.75, 3.05) is 11.9 Å². The first kappa shape index (κ1) is 17.3. The molecule has 3 rings (SSSR count). The zero-order chi connectivity index (χ0) is 18.2. The minimum atomic E-state index is -0.587. The Bertz CT molecular complexity index is 806. The quantitative estimate of drug-likeness (QED) is 0.901. The normalized spacial score (nSPS) is 17.8. The van der Waals surface area contributed by atoms with Crippen molar-refractivity contribution >= 4 is 28.8 Å². The summed E-state index contributed by atoms with van der Waals surface area (Å²) in [5.41, 5.74) is 1.40. The first-order valence-electron chi connectivity index (χ1n) is 8.40. The molecule has 1 aliphatic rings. The third-order valence-corrected chi connectivity index (χ3v) is 3.95. The molecule has 1 atom stereocenters. The van der Waals surface area contributed by atoms with Crippen LogP contribution >= 0.6 is 0 Å². The van der Waals surface area contributed by atoms with Crippen molar-refractivity contribution in [2.24, 2.45) is 0 Å². The van der Waals surface area contributed by atoms with E-state index in [0.717, 1.165) is 6.42 Å². The zero-order valence-corrected chi connectivity index (χ0v) is 15.0. The lowest BCUT2D eigenvalue weighted by Crippen LogP contribution is -2.45. The number of ether oxygens (including phenoxy) is 1. The van der Waals surface area contributed by atoms with Gasteiger partial charge in [0, 0.05) is 19.2 Å². The Kier molecular flexibility index (Phi) is 4.41. The first-order chi connectivity index (χ1) is 11.7. The van der Waals surface area contributed by atoms with Crippen molar-refractivity contribution in [1.82, 2.24) is 9.88 Å². The van der Waals surface area contributed by atoms with Crippen molar-refractivity contribution < 1.29 is 18.7 Å². The summed E-state index contributed by atoms with van der Waals surface area (Å²) in [6.07, 6.45) is 0.947. The number of aromatic nitrogens is 1. The summed E-state index contributed by atoms with van der Waals surface area (Å²) in [5.74, 6) is 0.355. The molecular weight excluding hydrogens is 322 g/mol. The Hall–Kier alpha value is -2.57. The molecule has 0 spiro atoms. The van der Waals surface area contributed by atoms with Gasteiger partial charge in [-0.25, -0.2) is 9.78 Å². The van der Waals surface area contributed by atoms with Gasteiger partial charge in [0.2, 0.25) is 5.91 Å². The second-order valence-corrected chi connectivity index (χ2v) is 7.24. The second-order valence-electron chi connectivity index (χ2n) is 7.24. The van der Waals surface area contributed by atoms with Crippen LogP contribution in [0.5, 0.6) is 0 Å². The van der Waals surface area contributed by atoms with E-state index in [0.29, 0.717) is 35.6 Å². The Morgan fingerprint density at radius 2 is 2.12 bits per heavy atom. The number of anilines is 1. The number of fused-ring (bicyclic) bond motifs is 1. The van der Waals surface area contributed by atoms with Gasteiger partial charge in [-0.05, 0) is 51.8 Å². The molecule has 0 radical (unpaired) electrons. The van der Waals surface area contributed by atoms with Gasteiger partial charge in [0.15, 0.2) is 11.5 Å². The molecule has 1 fully saturated rings. The molecule has 2 heterocycles. The molecule has 1 saturated heterocycles. The van der Waals surface area contributed by atoms with Crippen LogP contribution in [0.1, 0.15) is 39.5 Å². The molecule has 0 saturated carbocycles. The summed E-state index contributed by atoms with van der Waals surface area (Å²) >= 11 is 0. The van der Waals surface area contributed by atoms with Gasteiger partial charge in [-0.1, -0.05) is 0 Å². The van der Waals surface area contributed by atoms with Crippen LogP contribution in [0.4, 0.5) is 10.5 Å². The van der Waals surface area contributed by atoms with Gasteiger partial charge < -0.3 is 14.5 Å². The number of carbonyl (C=O) groups is 2. The topological polar surface area (TPSA) is 84.7 Å². The summed E-state index contributed by atoms with van der Waals surface area (Å²) < 4.78 is 10.8. The van der Waals surface area contributed by atoms with Gasteiger partial charge in [-0.15, -0.1) is 0 Å². The Labute approximate surface area is 146 Å². The number of oxazole rings is 1. The summed E-state index contributed by atoms with van der Waals surface area (Å²) in [5, 5.41) is 2.86. The molecule has 2 aromatic rings. The van der Waals surface area contributed by atoms with E-state index in [2.05, 4.69) is 10.3 Å². The van der Waals surface area contributed by atoms with Crippen LogP contribution in [0.2, 0.25) is 0 Å². The van der Waals surface area contributed by atoms with Gasteiger partial charge in [-0.3, -0.25) is 9.69 Å². The van der Waals surface area contributed by atoms with Gasteiger partial charge in [-0.2, -0.15) is 0 Å². The van der Waals surface area contributed by atoms with Crippen LogP contribution in [-0.2, 0) is 9.53 Å². The molecule has 2 amide bonds. The fraction of sp³-hybridized carbons (Fsp3) is 0.500. The first-order valence-corrected chi connectivity index (χ1v) is 8.40. The average Bonchev–Trinajstić information content (AvgIpc) is 3.10. The largest absolute Gasteiger partial charge is 0.444 e. The number of carbonyl (C=O) groups excluding carboxylic acids is 2. The fourth-order valence-electron chi connectivity index (χ4n) is 2.92. The van der Waals surface area contributed by atoms with Crippen LogP contribution in [0.25, 0.3) is 11.1 Å². The molecular formula is C18H23N3O4. The van der Waals surface area contributed by atoms with Crippen molar-refractivity contribution in [2.45, 2.75) is 52.2 Å². The lowest BCUT2D eigenvalue weighted by Gasteiger charge is -2.28. The number of hydrogen-bond donors (Lipinski definition) is 1. The molecule has 1 N–H and O–H groups in total. The van der Waals surface area contributed by atoms with E-state index >= 15 is 0 Å². The number of nitrogens with zero attached hydrogens (tertiary/aromatic N) is 2. The third kappa shape index (κ3) is 3.92. The molecule has 0 bridgehead atoms. The van der Waals surface area contributed by atoms with Crippen LogP contribution in [0, 0.1) is 6.92 Å². The lowest BCUT2D eigenvalue weighted by molar-refractivity contribution is -0.120. The fourth-order valence-corrected chi connectivity index (χ4v) is 2.92. The maximum atomic E-state index is 12.6. The molecule has 0 aliphatic carbocycles. The molecule has 1 aromatic carbocycles. The summed E-state index contributed by atoms with van der Waals surface area (Å²) in [4.78, 5) is 30.7. The van der Waals surface area contributed by atoms with Gasteiger partial charge >= 0.3 is 6.09 Å². The number of likely N-dealkylation sites (tertiary alicyclic amines) is 1. The van der Waals surface area contributed by atoms with Gasteiger partial charge in [0.05, 0.1) is 0 Å². The number of nitrogens with one attached hydrogen (secondary N) is 1. The standard InChI is InChI=1S/C18H23N3O4/c1-11-19-13-10-12(7-8-15(13)24-11)20-16(22)14-6-5-9-21(14)17(23)25-18(2,3)4/h7-8,10,14H,5-6,9H2,1-4H3,(H,20,22)/t14-/m1/s1. The molecule has 7 nitrogen and oxygen atoms in total. The number of hydrogen-bond acceptors (Lipinski definition) is 5. The van der Waals surface area contributed by atoms with Crippen LogP contribution in [-0.4, -0.2) is 40.1 Å². The lowest BCUT2D eigenvalue weighted by atomic mass is 10.2. The molecule has 1 aromatic heterocycles. The molecule has 134 valence electrons. The van der Waals surface area contributed by atoms with Crippen molar-refractivity contribution in [3.63, 3.8) is 0 Å². The monoisotopic (exact) mass is 345 g/mol. The van der Waals surface area contributed by atoms with E-state index in [1.807, 2.05) is 20.8 Å². The molecule has 0 unspecified atom stereocenters. The van der Waals surface area contributed by atoms with Gasteiger partial charge in [0.1, 0.15) is 17.2 Å². The van der Waals surface area contributed by atoms with Crippen LogP contribution in [0.3, 0.4) is 0 Å². The Balaban J connectivity index is 1.71. The predicted octanol–water partition coefficient (Wildman–Crippen LogP) is 3.47. The highest BCUT2D eigenvalue weighted by atomic mass is 16.6. The highest BCUT2D eigenvalue weighted by molar-refractivity contribution is 5.98. The molecule has 7 heteroatoms. The van der Waals surface area contributed by atoms with E-state index in [9.17, 15) is 9.59 Å². The zero-order valence-electron chi connectivity index (χ0n) is 15.0. The highest BCUT2D eigenvalue weighted by Crippen LogP contribution is 2.24. The van der Waals surface area contributed by atoms with Crippen LogP contribution < -0.4 is 5.32 Å². The Morgan fingerprint density at radius 3 is 2.84 bits per heavy atom. The number of aryl methyl sites for hydroxylation is 1. The molecule has 25 heavy (non-hydrogen) atoms. The van der Waals surface area contributed by atoms with E-state index in [4.69, 9.17) is 9.15 Å². The number of benzene rings is 1. The maximum absolute atomic E-state index is 12.6. The maximum Gasteiger partial charge on any atom is 0.410 e. The van der Waals surface area contributed by atoms with Crippen LogP contribution in [0.15, 0.2) is 22.6 Å². The van der Waals surface area contributed by atoms with Gasteiger partial charge in [0.25, 0.3) is 0 Å². The highest BCUT2D eigenvalue weighted by Gasteiger charge is 2.36. The summed E-state index contributed by atoms with van der Waals surface area (Å²) in [6.45, 7) is 7.73. The number of rotatable bonds is 2. The van der Waals surface area contributed by atoms with Crippen molar-refractivity contribution in [3.05, 3.63) is 24.1 Å². The smallest absolute Gasteiger partial charge is 0.410 e. The summed E-state index contributed by atoms with van der Waals surface area (Å²) in [6, 6.07) is 4.77. The van der Waals surface area contributed by atoms with E-state index < -0.39 is 17.7 Å². The Morgan fingerprint density at radius 1 is 1.36 bits per heavy atom. The minimum absolute atomic E-state index is 0.220. The van der Waals surface area contributed by atoms with Crippen molar-refractivity contribution in [3.8, 4) is 0 Å². The van der Waals surface area contributed by atoms with E-state index in [1.54, 1.807) is 25.1 Å². The minimum Gasteiger partial charge on any atom is -0.444 e. The van der Waals surface area contributed by atoms with Crippen molar-refractivity contribution in [1.29, 1.82) is 0 Å². The summed E-state index contributed by atoms with van der Waals surface area (Å²) in [7, 11) is 0. The number of amides is 2. The molecule has 1 aliphatic heterocycles. The third-order valence-electron chi connectivity index (χ3n) is 3.95. The van der Waals surface area contributed by atoms with E-state index in [1.165, 1.54) is 4.90 Å². The second kappa shape index (κ2) is 6.38. The SMILES string of the molecule is Cc1nc2cc(NC(=O)[C@H]3CCCN3C(=O)OC(C)(C)C)ccc2o1.